The van der Waals surface area contributed by atoms with E-state index < -0.39 is 0 Å². The highest BCUT2D eigenvalue weighted by molar-refractivity contribution is 7.10. The van der Waals surface area contributed by atoms with E-state index in [0.717, 1.165) is 16.3 Å². The minimum absolute atomic E-state index is 0.106. The van der Waals surface area contributed by atoms with Crippen LogP contribution in [0.15, 0.2) is 35.8 Å². The molecule has 2 N–H and O–H groups in total. The van der Waals surface area contributed by atoms with Gasteiger partial charge in [-0.3, -0.25) is 9.59 Å². The van der Waals surface area contributed by atoms with E-state index in [0.29, 0.717) is 6.54 Å². The first-order valence-corrected chi connectivity index (χ1v) is 8.53. The van der Waals surface area contributed by atoms with Crippen molar-refractivity contribution in [1.82, 2.24) is 15.6 Å². The normalized spacial score (nSPS) is 11.6. The predicted octanol–water partition coefficient (Wildman–Crippen LogP) is 2.09. The molecule has 24 heavy (non-hydrogen) atoms. The van der Waals surface area contributed by atoms with Gasteiger partial charge in [0.1, 0.15) is 5.82 Å². The van der Waals surface area contributed by atoms with Crippen molar-refractivity contribution in [2.75, 3.05) is 19.0 Å². The van der Waals surface area contributed by atoms with Gasteiger partial charge in [-0.15, -0.1) is 11.3 Å². The molecular formula is C17H22N4O2S. The van der Waals surface area contributed by atoms with Crippen molar-refractivity contribution < 1.29 is 9.59 Å². The van der Waals surface area contributed by atoms with Crippen molar-refractivity contribution in [3.8, 4) is 0 Å². The highest BCUT2D eigenvalue weighted by Gasteiger charge is 2.17. The van der Waals surface area contributed by atoms with E-state index in [1.807, 2.05) is 48.6 Å². The van der Waals surface area contributed by atoms with Gasteiger partial charge in [-0.05, 0) is 29.1 Å². The van der Waals surface area contributed by atoms with E-state index in [4.69, 9.17) is 0 Å². The zero-order valence-electron chi connectivity index (χ0n) is 14.1. The number of pyridine rings is 1. The molecule has 2 aromatic heterocycles. The highest BCUT2D eigenvalue weighted by Crippen LogP contribution is 2.22. The quantitative estimate of drug-likeness (QED) is 0.805. The van der Waals surface area contributed by atoms with Crippen LogP contribution < -0.4 is 15.5 Å². The zero-order valence-corrected chi connectivity index (χ0v) is 14.9. The van der Waals surface area contributed by atoms with Gasteiger partial charge in [0.15, 0.2) is 0 Å². The molecule has 0 unspecified atom stereocenters. The summed E-state index contributed by atoms with van der Waals surface area (Å²) in [6.45, 7) is 1.89. The number of thiophene rings is 1. The van der Waals surface area contributed by atoms with E-state index >= 15 is 0 Å². The van der Waals surface area contributed by atoms with Crippen molar-refractivity contribution in [2.45, 2.75) is 25.9 Å². The number of hydrogen-bond donors (Lipinski definition) is 2. The molecule has 0 aromatic carbocycles. The Bertz CT molecular complexity index is 686. The maximum atomic E-state index is 12.2. The van der Waals surface area contributed by atoms with Crippen LogP contribution in [-0.4, -0.2) is 30.9 Å². The number of rotatable bonds is 7. The topological polar surface area (TPSA) is 74.3 Å². The van der Waals surface area contributed by atoms with E-state index in [1.165, 1.54) is 18.3 Å². The van der Waals surface area contributed by atoms with Crippen LogP contribution in [0, 0.1) is 0 Å². The third-order valence-corrected chi connectivity index (χ3v) is 4.40. The summed E-state index contributed by atoms with van der Waals surface area (Å²) in [7, 11) is 3.84. The number of hydrogen-bond acceptors (Lipinski definition) is 5. The Hall–Kier alpha value is -2.41. The molecule has 128 valence electrons. The summed E-state index contributed by atoms with van der Waals surface area (Å²) in [5.41, 5.74) is 0.981. The second-order valence-corrected chi connectivity index (χ2v) is 6.65. The average Bonchev–Trinajstić information content (AvgIpc) is 3.06. The summed E-state index contributed by atoms with van der Waals surface area (Å²) in [6, 6.07) is 7.34. The molecule has 0 spiro atoms. The molecule has 0 aliphatic carbocycles. The van der Waals surface area contributed by atoms with Crippen LogP contribution in [0.25, 0.3) is 0 Å². The predicted molar refractivity (Wildman–Crippen MR) is 95.9 cm³/mol. The van der Waals surface area contributed by atoms with Crippen LogP contribution >= 0.6 is 11.3 Å². The van der Waals surface area contributed by atoms with Gasteiger partial charge in [0.2, 0.25) is 11.8 Å². The second-order valence-electron chi connectivity index (χ2n) is 5.67. The molecule has 2 aromatic rings. The Morgan fingerprint density at radius 1 is 1.33 bits per heavy atom. The monoisotopic (exact) mass is 346 g/mol. The summed E-state index contributed by atoms with van der Waals surface area (Å²) in [5.74, 6) is 0.591. The second kappa shape index (κ2) is 8.44. The van der Waals surface area contributed by atoms with Gasteiger partial charge >= 0.3 is 0 Å². The molecule has 2 amide bonds. The Balaban J connectivity index is 1.94. The Kier molecular flexibility index (Phi) is 6.31. The Morgan fingerprint density at radius 3 is 2.75 bits per heavy atom. The molecule has 0 aliphatic heterocycles. The number of amides is 2. The van der Waals surface area contributed by atoms with Crippen molar-refractivity contribution in [3.05, 3.63) is 46.3 Å². The van der Waals surface area contributed by atoms with Crippen LogP contribution in [0.1, 0.15) is 29.8 Å². The first kappa shape index (κ1) is 17.9. The molecule has 0 fully saturated rings. The smallest absolute Gasteiger partial charge is 0.222 e. The van der Waals surface area contributed by atoms with Crippen molar-refractivity contribution in [2.24, 2.45) is 0 Å². The van der Waals surface area contributed by atoms with Crippen molar-refractivity contribution >= 4 is 29.0 Å². The zero-order chi connectivity index (χ0) is 17.5. The third kappa shape index (κ3) is 5.34. The van der Waals surface area contributed by atoms with Gasteiger partial charge in [0.25, 0.3) is 0 Å². The fraction of sp³-hybridized carbons (Fsp3) is 0.353. The van der Waals surface area contributed by atoms with Gasteiger partial charge in [0, 0.05) is 38.6 Å². The van der Waals surface area contributed by atoms with E-state index in [-0.39, 0.29) is 24.3 Å². The first-order chi connectivity index (χ1) is 11.5. The number of carbonyl (C=O) groups is 2. The number of nitrogens with zero attached hydrogens (tertiary/aromatic N) is 2. The molecule has 2 rings (SSSR count). The van der Waals surface area contributed by atoms with E-state index in [1.54, 1.807) is 6.20 Å². The fourth-order valence-electron chi connectivity index (χ4n) is 2.23. The van der Waals surface area contributed by atoms with Crippen LogP contribution in [0.3, 0.4) is 0 Å². The summed E-state index contributed by atoms with van der Waals surface area (Å²) in [4.78, 5) is 30.7. The van der Waals surface area contributed by atoms with Gasteiger partial charge < -0.3 is 15.5 Å². The summed E-state index contributed by atoms with van der Waals surface area (Å²) in [5, 5.41) is 7.66. The number of aromatic nitrogens is 1. The molecular weight excluding hydrogens is 324 g/mol. The number of carbonyl (C=O) groups excluding carboxylic acids is 2. The third-order valence-electron chi connectivity index (χ3n) is 3.41. The van der Waals surface area contributed by atoms with Crippen molar-refractivity contribution in [1.29, 1.82) is 0 Å². The van der Waals surface area contributed by atoms with E-state index in [2.05, 4.69) is 15.6 Å². The number of nitrogens with one attached hydrogen (secondary N) is 2. The standard InChI is InChI=1S/C17H22N4O2S/c1-12(22)20-14(15-5-4-8-24-15)10-17(23)19-11-13-6-7-18-16(9-13)21(2)3/h4-9,14H,10-11H2,1-3H3,(H,19,23)(H,20,22)/t14-/m0/s1. The Labute approximate surface area is 145 Å². The summed E-state index contributed by atoms with van der Waals surface area (Å²) >= 11 is 1.53. The average molecular weight is 346 g/mol. The lowest BCUT2D eigenvalue weighted by Crippen LogP contribution is -2.32. The largest absolute Gasteiger partial charge is 0.363 e. The molecule has 0 saturated heterocycles. The lowest BCUT2D eigenvalue weighted by Gasteiger charge is -2.16. The molecule has 0 bridgehead atoms. The summed E-state index contributed by atoms with van der Waals surface area (Å²) < 4.78 is 0. The SMILES string of the molecule is CC(=O)N[C@@H](CC(=O)NCc1ccnc(N(C)C)c1)c1cccs1. The highest BCUT2D eigenvalue weighted by atomic mass is 32.1. The molecule has 2 heterocycles. The van der Waals surface area contributed by atoms with Crippen LogP contribution in [-0.2, 0) is 16.1 Å². The molecule has 7 heteroatoms. The van der Waals surface area contributed by atoms with E-state index in [9.17, 15) is 9.59 Å². The van der Waals surface area contributed by atoms with Gasteiger partial charge in [-0.25, -0.2) is 4.98 Å². The van der Waals surface area contributed by atoms with Gasteiger partial charge in [0.05, 0.1) is 12.5 Å². The minimum atomic E-state index is -0.294. The Morgan fingerprint density at radius 2 is 2.12 bits per heavy atom. The molecule has 6 nitrogen and oxygen atoms in total. The summed E-state index contributed by atoms with van der Waals surface area (Å²) in [6.07, 6.45) is 1.94. The fourth-order valence-corrected chi connectivity index (χ4v) is 3.01. The molecule has 1 atom stereocenters. The first-order valence-electron chi connectivity index (χ1n) is 7.65. The molecule has 0 aliphatic rings. The minimum Gasteiger partial charge on any atom is -0.363 e. The molecule has 0 saturated carbocycles. The maximum Gasteiger partial charge on any atom is 0.222 e. The lowest BCUT2D eigenvalue weighted by atomic mass is 10.1. The van der Waals surface area contributed by atoms with Crippen LogP contribution in [0.5, 0.6) is 0 Å². The molecule has 0 radical (unpaired) electrons. The van der Waals surface area contributed by atoms with Crippen LogP contribution in [0.4, 0.5) is 5.82 Å². The number of anilines is 1. The maximum absolute atomic E-state index is 12.2. The van der Waals surface area contributed by atoms with Gasteiger partial charge in [-0.2, -0.15) is 0 Å². The van der Waals surface area contributed by atoms with Crippen molar-refractivity contribution in [3.63, 3.8) is 0 Å². The van der Waals surface area contributed by atoms with Gasteiger partial charge in [-0.1, -0.05) is 6.07 Å². The van der Waals surface area contributed by atoms with Crippen LogP contribution in [0.2, 0.25) is 0 Å². The lowest BCUT2D eigenvalue weighted by molar-refractivity contribution is -0.122.